The Hall–Kier alpha value is -1.74. The highest BCUT2D eigenvalue weighted by molar-refractivity contribution is 8.15. The minimum Gasteiger partial charge on any atom is -0.454 e. The van der Waals surface area contributed by atoms with E-state index >= 15 is 0 Å². The Bertz CT molecular complexity index is 920. The Balaban J connectivity index is 1.64. The first-order valence-electron chi connectivity index (χ1n) is 8.78. The van der Waals surface area contributed by atoms with Gasteiger partial charge in [0.1, 0.15) is 0 Å². The molecule has 1 amide bonds. The number of amidine groups is 1. The molecule has 0 aliphatic carbocycles. The van der Waals surface area contributed by atoms with E-state index in [1.165, 1.54) is 11.8 Å². The van der Waals surface area contributed by atoms with Crippen LogP contribution >= 0.6 is 11.8 Å². The van der Waals surface area contributed by atoms with Crippen molar-refractivity contribution in [2.24, 2.45) is 10.4 Å². The summed E-state index contributed by atoms with van der Waals surface area (Å²) < 4.78 is 35.0. The molecule has 0 radical (unpaired) electrons. The van der Waals surface area contributed by atoms with Gasteiger partial charge in [-0.3, -0.25) is 4.79 Å². The highest BCUT2D eigenvalue weighted by Gasteiger charge is 2.49. The second-order valence-electron chi connectivity index (χ2n) is 8.07. The van der Waals surface area contributed by atoms with Crippen LogP contribution in [0.2, 0.25) is 0 Å². The number of nitrogens with zero attached hydrogens (tertiary/aromatic N) is 2. The molecule has 2 saturated heterocycles. The molecule has 4 rings (SSSR count). The van der Waals surface area contributed by atoms with Gasteiger partial charge in [0.2, 0.25) is 6.79 Å². The summed E-state index contributed by atoms with van der Waals surface area (Å²) in [6.45, 7) is 6.15. The number of rotatable bonds is 2. The molecule has 1 aromatic rings. The van der Waals surface area contributed by atoms with Crippen LogP contribution < -0.4 is 9.47 Å². The Morgan fingerprint density at radius 3 is 2.74 bits per heavy atom. The van der Waals surface area contributed by atoms with Crippen molar-refractivity contribution in [3.8, 4) is 11.5 Å². The molecule has 3 aliphatic rings. The number of ether oxygens (including phenoxy) is 2. The highest BCUT2D eigenvalue weighted by Crippen LogP contribution is 2.40. The van der Waals surface area contributed by atoms with Crippen molar-refractivity contribution in [1.82, 2.24) is 4.90 Å². The third-order valence-corrected chi connectivity index (χ3v) is 8.05. The molecule has 3 aliphatic heterocycles. The van der Waals surface area contributed by atoms with E-state index in [9.17, 15) is 13.2 Å². The van der Waals surface area contributed by atoms with Crippen LogP contribution in [0.25, 0.3) is 0 Å². The number of benzene rings is 1. The summed E-state index contributed by atoms with van der Waals surface area (Å²) in [7, 11) is -3.07. The summed E-state index contributed by atoms with van der Waals surface area (Å²) >= 11 is 1.40. The van der Waals surface area contributed by atoms with Gasteiger partial charge >= 0.3 is 0 Å². The Morgan fingerprint density at radius 1 is 1.26 bits per heavy atom. The van der Waals surface area contributed by atoms with E-state index in [1.54, 1.807) is 0 Å². The van der Waals surface area contributed by atoms with Crippen LogP contribution in [0.1, 0.15) is 26.3 Å². The molecule has 0 N–H and O–H groups in total. The van der Waals surface area contributed by atoms with E-state index in [1.807, 2.05) is 43.9 Å². The predicted molar refractivity (Wildman–Crippen MR) is 104 cm³/mol. The average molecular weight is 411 g/mol. The SMILES string of the molecule is CC(C)(C)C(=O)N=C1S[C@@H]2CS(=O)(=O)C[C@H]2N1Cc1ccc2c(c1)OCO2. The van der Waals surface area contributed by atoms with Gasteiger partial charge in [0.15, 0.2) is 26.5 Å². The Kier molecular flexibility index (Phi) is 4.42. The van der Waals surface area contributed by atoms with E-state index in [2.05, 4.69) is 4.99 Å². The summed E-state index contributed by atoms with van der Waals surface area (Å²) in [6.07, 6.45) is 0. The smallest absolute Gasteiger partial charge is 0.253 e. The van der Waals surface area contributed by atoms with Crippen LogP contribution in [0.3, 0.4) is 0 Å². The number of carbonyl (C=O) groups is 1. The Morgan fingerprint density at radius 2 is 2.00 bits per heavy atom. The maximum absolute atomic E-state index is 12.4. The molecule has 0 saturated carbocycles. The Labute approximate surface area is 163 Å². The molecule has 0 aromatic heterocycles. The van der Waals surface area contributed by atoms with Crippen LogP contribution in [0, 0.1) is 5.41 Å². The largest absolute Gasteiger partial charge is 0.454 e. The monoisotopic (exact) mass is 410 g/mol. The lowest BCUT2D eigenvalue weighted by atomic mass is 9.96. The van der Waals surface area contributed by atoms with Gasteiger partial charge in [-0.2, -0.15) is 4.99 Å². The molecule has 0 unspecified atom stereocenters. The van der Waals surface area contributed by atoms with Gasteiger partial charge in [-0.15, -0.1) is 0 Å². The summed E-state index contributed by atoms with van der Waals surface area (Å²) in [4.78, 5) is 18.7. The third kappa shape index (κ3) is 3.67. The number of carbonyl (C=O) groups excluding carboxylic acids is 1. The summed E-state index contributed by atoms with van der Waals surface area (Å²) in [5.41, 5.74) is 0.377. The average Bonchev–Trinajstić information content (AvgIpc) is 3.20. The van der Waals surface area contributed by atoms with Crippen molar-refractivity contribution >= 4 is 32.7 Å². The van der Waals surface area contributed by atoms with Crippen LogP contribution in [-0.2, 0) is 21.2 Å². The zero-order valence-electron chi connectivity index (χ0n) is 15.5. The minimum atomic E-state index is -3.07. The number of hydrogen-bond acceptors (Lipinski definition) is 6. The first-order chi connectivity index (χ1) is 12.6. The predicted octanol–water partition coefficient (Wildman–Crippen LogP) is 2.06. The van der Waals surface area contributed by atoms with Crippen molar-refractivity contribution in [3.63, 3.8) is 0 Å². The van der Waals surface area contributed by atoms with Gasteiger partial charge in [-0.1, -0.05) is 38.6 Å². The van der Waals surface area contributed by atoms with Gasteiger partial charge in [0.05, 0.1) is 17.5 Å². The first kappa shape index (κ1) is 18.6. The number of thioether (sulfide) groups is 1. The molecular weight excluding hydrogens is 388 g/mol. The van der Waals surface area contributed by atoms with Crippen molar-refractivity contribution in [3.05, 3.63) is 23.8 Å². The molecule has 146 valence electrons. The van der Waals surface area contributed by atoms with Gasteiger partial charge in [0.25, 0.3) is 5.91 Å². The summed E-state index contributed by atoms with van der Waals surface area (Å²) in [5, 5.41) is 0.521. The second-order valence-corrected chi connectivity index (χ2v) is 11.4. The van der Waals surface area contributed by atoms with Gasteiger partial charge in [-0.25, -0.2) is 8.42 Å². The molecule has 3 heterocycles. The van der Waals surface area contributed by atoms with E-state index in [0.29, 0.717) is 23.2 Å². The van der Waals surface area contributed by atoms with Crippen molar-refractivity contribution in [1.29, 1.82) is 0 Å². The second kappa shape index (κ2) is 6.41. The highest BCUT2D eigenvalue weighted by atomic mass is 32.2. The molecule has 2 fully saturated rings. The molecule has 2 atom stereocenters. The van der Waals surface area contributed by atoms with Crippen LogP contribution in [-0.4, -0.2) is 54.0 Å². The molecule has 7 nitrogen and oxygen atoms in total. The van der Waals surface area contributed by atoms with E-state index < -0.39 is 15.3 Å². The van der Waals surface area contributed by atoms with Crippen molar-refractivity contribution in [2.45, 2.75) is 38.6 Å². The molecular formula is C18H22N2O5S2. The van der Waals surface area contributed by atoms with Gasteiger partial charge < -0.3 is 14.4 Å². The van der Waals surface area contributed by atoms with Crippen molar-refractivity contribution < 1.29 is 22.7 Å². The zero-order chi connectivity index (χ0) is 19.4. The van der Waals surface area contributed by atoms with Crippen molar-refractivity contribution in [2.75, 3.05) is 18.3 Å². The molecule has 1 aromatic carbocycles. The van der Waals surface area contributed by atoms with Gasteiger partial charge in [-0.05, 0) is 17.7 Å². The number of aliphatic imine (C=N–C) groups is 1. The number of amides is 1. The standard InChI is InChI=1S/C18H22N2O5S2/c1-18(2,3)16(21)19-17-20(12-8-27(22,23)9-15(12)26-17)7-11-4-5-13-14(6-11)25-10-24-13/h4-6,12,15H,7-10H2,1-3H3/t12-,15-/m1/s1. The lowest BCUT2D eigenvalue weighted by molar-refractivity contribution is -0.124. The fourth-order valence-electron chi connectivity index (χ4n) is 3.31. The normalized spacial score (nSPS) is 27.2. The van der Waals surface area contributed by atoms with E-state index in [0.717, 1.165) is 5.56 Å². The fourth-order valence-corrected chi connectivity index (χ4v) is 7.26. The molecule has 9 heteroatoms. The number of hydrogen-bond donors (Lipinski definition) is 0. The van der Waals surface area contributed by atoms with E-state index in [-0.39, 0.29) is 35.5 Å². The summed E-state index contributed by atoms with van der Waals surface area (Å²) in [5.74, 6) is 1.40. The first-order valence-corrected chi connectivity index (χ1v) is 11.5. The van der Waals surface area contributed by atoms with E-state index in [4.69, 9.17) is 9.47 Å². The van der Waals surface area contributed by atoms with Gasteiger partial charge in [0, 0.05) is 17.2 Å². The topological polar surface area (TPSA) is 85.3 Å². The summed E-state index contributed by atoms with van der Waals surface area (Å²) in [6, 6.07) is 5.50. The molecule has 0 bridgehead atoms. The third-order valence-electron chi connectivity index (χ3n) is 4.80. The van der Waals surface area contributed by atoms with Crippen LogP contribution in [0.5, 0.6) is 11.5 Å². The number of sulfone groups is 1. The van der Waals surface area contributed by atoms with Crippen LogP contribution in [0.4, 0.5) is 0 Å². The maximum Gasteiger partial charge on any atom is 0.253 e. The number of fused-ring (bicyclic) bond motifs is 2. The lowest BCUT2D eigenvalue weighted by Gasteiger charge is -2.25. The zero-order valence-corrected chi connectivity index (χ0v) is 17.1. The fraction of sp³-hybridized carbons (Fsp3) is 0.556. The lowest BCUT2D eigenvalue weighted by Crippen LogP contribution is -2.37. The quantitative estimate of drug-likeness (QED) is 0.738. The maximum atomic E-state index is 12.4. The van der Waals surface area contributed by atoms with Crippen LogP contribution in [0.15, 0.2) is 23.2 Å². The minimum absolute atomic E-state index is 0.0875. The molecule has 0 spiro atoms. The molecule has 27 heavy (non-hydrogen) atoms.